The van der Waals surface area contributed by atoms with E-state index < -0.39 is 30.2 Å². The summed E-state index contributed by atoms with van der Waals surface area (Å²) in [5, 5.41) is 0. The first-order chi connectivity index (χ1) is 21.6. The molecule has 0 spiro atoms. The average Bonchev–Trinajstić information content (AvgIpc) is 3.50. The number of hydrogen-bond donors (Lipinski definition) is 0. The number of hydrogen-bond acceptors (Lipinski definition) is 7. The van der Waals surface area contributed by atoms with Crippen LogP contribution in [0.4, 0.5) is 13.2 Å². The number of ether oxygens (including phenoxy) is 3. The molecule has 0 saturated heterocycles. The molecule has 10 heteroatoms. The molecule has 0 fully saturated rings. The first-order valence-electron chi connectivity index (χ1n) is 15.6. The van der Waals surface area contributed by atoms with Gasteiger partial charge in [-0.15, -0.1) is 11.3 Å². The molecule has 3 rings (SSSR count). The third-order valence-electron chi connectivity index (χ3n) is 7.17. The van der Waals surface area contributed by atoms with Crippen LogP contribution in [-0.2, 0) is 11.2 Å². The lowest BCUT2D eigenvalue weighted by molar-refractivity contribution is -0.206. The Morgan fingerprint density at radius 2 is 1.16 bits per heavy atom. The van der Waals surface area contributed by atoms with Crippen molar-refractivity contribution in [1.82, 2.24) is 0 Å². The molecule has 1 aromatic heterocycles. The molecule has 0 aliphatic heterocycles. The van der Waals surface area contributed by atoms with Crippen LogP contribution >= 0.6 is 11.3 Å². The maximum absolute atomic E-state index is 13.4. The molecule has 0 bridgehead atoms. The number of unbranched alkanes of at least 4 members (excludes halogenated alkanes) is 8. The number of esters is 3. The van der Waals surface area contributed by atoms with Crippen molar-refractivity contribution in [2.75, 3.05) is 0 Å². The fraction of sp³-hybridized carbons (Fsp3) is 0.457. The van der Waals surface area contributed by atoms with Crippen molar-refractivity contribution < 1.29 is 41.8 Å². The highest BCUT2D eigenvalue weighted by atomic mass is 32.1. The fourth-order valence-electron chi connectivity index (χ4n) is 4.59. The smallest absolute Gasteiger partial charge is 0.425 e. The largest absolute Gasteiger partial charge is 0.449 e. The van der Waals surface area contributed by atoms with Gasteiger partial charge in [-0.3, -0.25) is 0 Å². The van der Waals surface area contributed by atoms with Crippen LogP contribution in [0.3, 0.4) is 0 Å². The average molecular weight is 647 g/mol. The normalized spacial score (nSPS) is 12.0. The molecule has 1 unspecified atom stereocenters. The molecule has 0 radical (unpaired) electrons. The molecular weight excluding hydrogens is 605 g/mol. The van der Waals surface area contributed by atoms with Crippen molar-refractivity contribution in [1.29, 1.82) is 0 Å². The Hall–Kier alpha value is -3.66. The second-order valence-corrected chi connectivity index (χ2v) is 12.1. The summed E-state index contributed by atoms with van der Waals surface area (Å²) >= 11 is 1.42. The number of thiophene rings is 1. The van der Waals surface area contributed by atoms with E-state index in [1.165, 1.54) is 92.0 Å². The van der Waals surface area contributed by atoms with Gasteiger partial charge in [-0.05, 0) is 86.3 Å². The van der Waals surface area contributed by atoms with Crippen molar-refractivity contribution in [3.8, 4) is 11.5 Å². The summed E-state index contributed by atoms with van der Waals surface area (Å²) in [4.78, 5) is 39.2. The zero-order valence-electron chi connectivity index (χ0n) is 25.8. The molecule has 3 aromatic rings. The van der Waals surface area contributed by atoms with Crippen molar-refractivity contribution in [3.05, 3.63) is 81.5 Å². The van der Waals surface area contributed by atoms with E-state index in [9.17, 15) is 27.6 Å². The summed E-state index contributed by atoms with van der Waals surface area (Å²) in [6, 6.07) is 14.7. The van der Waals surface area contributed by atoms with Gasteiger partial charge in [-0.25, -0.2) is 14.4 Å². The third kappa shape index (κ3) is 12.3. The maximum atomic E-state index is 13.4. The SMILES string of the molecule is CCCCCCCCc1ccc(C(=O)Oc2ccc(C(=O)Oc3ccc(C(=O)OC(CCCCCC)C(F)(F)F)cc3)cc2)s1. The van der Waals surface area contributed by atoms with Gasteiger partial charge in [0.25, 0.3) is 0 Å². The summed E-state index contributed by atoms with van der Waals surface area (Å²) in [6.07, 6.45) is 3.67. The zero-order valence-corrected chi connectivity index (χ0v) is 26.6. The number of carbonyl (C=O) groups excluding carboxylic acids is 3. The van der Waals surface area contributed by atoms with Crippen molar-refractivity contribution in [2.24, 2.45) is 0 Å². The minimum absolute atomic E-state index is 0.0912. The molecule has 0 aliphatic carbocycles. The number of aryl methyl sites for hydroxylation is 1. The maximum Gasteiger partial charge on any atom is 0.425 e. The van der Waals surface area contributed by atoms with Crippen LogP contribution in [0.25, 0.3) is 0 Å². The van der Waals surface area contributed by atoms with Crippen LogP contribution in [0.2, 0.25) is 0 Å². The van der Waals surface area contributed by atoms with E-state index in [0.717, 1.165) is 30.6 Å². The van der Waals surface area contributed by atoms with Crippen molar-refractivity contribution in [3.63, 3.8) is 0 Å². The van der Waals surface area contributed by atoms with Crippen molar-refractivity contribution in [2.45, 2.75) is 103 Å². The first kappa shape index (κ1) is 35.8. The van der Waals surface area contributed by atoms with E-state index >= 15 is 0 Å². The van der Waals surface area contributed by atoms with Gasteiger partial charge in [0.05, 0.1) is 11.1 Å². The topological polar surface area (TPSA) is 78.9 Å². The molecule has 45 heavy (non-hydrogen) atoms. The van der Waals surface area contributed by atoms with Crippen LogP contribution < -0.4 is 9.47 Å². The molecule has 0 aliphatic rings. The highest BCUT2D eigenvalue weighted by Gasteiger charge is 2.42. The lowest BCUT2D eigenvalue weighted by Gasteiger charge is -2.20. The minimum Gasteiger partial charge on any atom is -0.449 e. The molecule has 2 aromatic carbocycles. The van der Waals surface area contributed by atoms with Gasteiger partial charge in [0.2, 0.25) is 0 Å². The predicted molar refractivity (Wildman–Crippen MR) is 168 cm³/mol. The standard InChI is InChI=1S/C35H41F3O6S/c1-3-5-7-9-10-11-13-29-23-24-30(45-29)34(41)43-28-21-15-25(16-22-28)32(39)42-27-19-17-26(18-20-27)33(40)44-31(35(36,37)38)14-12-8-6-4-2/h15-24,31H,3-14H2,1-2H3. The predicted octanol–water partition coefficient (Wildman–Crippen LogP) is 10.1. The number of benzene rings is 2. The monoisotopic (exact) mass is 646 g/mol. The van der Waals surface area contributed by atoms with Gasteiger partial charge in [0.15, 0.2) is 6.10 Å². The number of alkyl halides is 3. The lowest BCUT2D eigenvalue weighted by Crippen LogP contribution is -2.33. The molecule has 6 nitrogen and oxygen atoms in total. The molecule has 1 atom stereocenters. The van der Waals surface area contributed by atoms with E-state index in [4.69, 9.17) is 14.2 Å². The van der Waals surface area contributed by atoms with Crippen LogP contribution in [0.1, 0.15) is 120 Å². The van der Waals surface area contributed by atoms with E-state index in [1.807, 2.05) is 13.0 Å². The summed E-state index contributed by atoms with van der Waals surface area (Å²) in [5.41, 5.74) is 0.0933. The van der Waals surface area contributed by atoms with Crippen molar-refractivity contribution >= 4 is 29.2 Å². The molecule has 1 heterocycles. The summed E-state index contributed by atoms with van der Waals surface area (Å²) in [5.74, 6) is -1.92. The van der Waals surface area contributed by atoms with Gasteiger partial charge >= 0.3 is 24.1 Å². The second kappa shape index (κ2) is 18.3. The summed E-state index contributed by atoms with van der Waals surface area (Å²) in [6.45, 7) is 4.15. The Morgan fingerprint density at radius 3 is 1.73 bits per heavy atom. The first-order valence-corrected chi connectivity index (χ1v) is 16.4. The van der Waals surface area contributed by atoms with Gasteiger partial charge in [-0.1, -0.05) is 65.2 Å². The molecule has 0 amide bonds. The zero-order chi connectivity index (χ0) is 32.7. The van der Waals surface area contributed by atoms with Gasteiger partial charge < -0.3 is 14.2 Å². The number of rotatable bonds is 18. The van der Waals surface area contributed by atoms with Gasteiger partial charge in [0, 0.05) is 4.88 Å². The Balaban J connectivity index is 1.48. The van der Waals surface area contributed by atoms with Crippen LogP contribution in [0.5, 0.6) is 11.5 Å². The summed E-state index contributed by atoms with van der Waals surface area (Å²) < 4.78 is 55.6. The Labute approximate surface area is 266 Å². The molecular formula is C35H41F3O6S. The Bertz CT molecular complexity index is 1350. The number of carbonyl (C=O) groups is 3. The fourth-order valence-corrected chi connectivity index (χ4v) is 5.51. The highest BCUT2D eigenvalue weighted by molar-refractivity contribution is 7.13. The molecule has 244 valence electrons. The lowest BCUT2D eigenvalue weighted by atomic mass is 10.1. The van der Waals surface area contributed by atoms with Crippen LogP contribution in [0, 0.1) is 0 Å². The van der Waals surface area contributed by atoms with E-state index in [0.29, 0.717) is 17.7 Å². The van der Waals surface area contributed by atoms with E-state index in [2.05, 4.69) is 6.92 Å². The third-order valence-corrected chi connectivity index (χ3v) is 8.30. The number of halogens is 3. The Kier molecular flexibility index (Phi) is 14.6. The minimum atomic E-state index is -4.66. The van der Waals surface area contributed by atoms with Crippen LogP contribution in [-0.4, -0.2) is 30.2 Å². The van der Waals surface area contributed by atoms with E-state index in [1.54, 1.807) is 6.07 Å². The highest BCUT2D eigenvalue weighted by Crippen LogP contribution is 2.28. The second-order valence-electron chi connectivity index (χ2n) is 10.9. The van der Waals surface area contributed by atoms with E-state index in [-0.39, 0.29) is 29.0 Å². The van der Waals surface area contributed by atoms with Crippen LogP contribution in [0.15, 0.2) is 60.7 Å². The molecule has 0 saturated carbocycles. The Morgan fingerprint density at radius 1 is 0.644 bits per heavy atom. The summed E-state index contributed by atoms with van der Waals surface area (Å²) in [7, 11) is 0. The van der Waals surface area contributed by atoms with Gasteiger partial charge in [-0.2, -0.15) is 13.2 Å². The molecule has 0 N–H and O–H groups in total. The quantitative estimate of drug-likeness (QED) is 0.0778. The van der Waals surface area contributed by atoms with Gasteiger partial charge in [0.1, 0.15) is 16.4 Å².